The van der Waals surface area contributed by atoms with E-state index >= 15 is 0 Å². The Labute approximate surface area is 211 Å². The molecule has 3 aliphatic heterocycles. The highest BCUT2D eigenvalue weighted by atomic mass is 16.5. The first-order valence-corrected chi connectivity index (χ1v) is 13.1. The van der Waals surface area contributed by atoms with Gasteiger partial charge in [-0.05, 0) is 76.5 Å². The van der Waals surface area contributed by atoms with E-state index < -0.39 is 0 Å². The maximum Gasteiger partial charge on any atom is 0.156 e. The predicted molar refractivity (Wildman–Crippen MR) is 141 cm³/mol. The second kappa shape index (κ2) is 8.42. The lowest BCUT2D eigenvalue weighted by atomic mass is 9.88. The molecule has 2 atom stereocenters. The lowest BCUT2D eigenvalue weighted by molar-refractivity contribution is 0.0101. The monoisotopic (exact) mass is 483 g/mol. The standard InChI is InChI=1S/C28H33N7O/c1-17-8-19(9-18(2)27(17)35-22-10-23(35)16-36-15-22)25-13-30-28-26(32-25)24(12-29-28)20-11-31-34(14-20)21-4-6-33(3)7-5-21/h8-9,11-14,21-23H,4-7,10,15-16H2,1-3H3,(H,29,30). The number of ether oxygens (including phenoxy) is 1. The third kappa shape index (κ3) is 3.54. The highest BCUT2D eigenvalue weighted by Crippen LogP contribution is 2.41. The van der Waals surface area contributed by atoms with Gasteiger partial charge in [0.1, 0.15) is 5.52 Å². The van der Waals surface area contributed by atoms with Crippen LogP contribution in [0.25, 0.3) is 33.5 Å². The first-order chi connectivity index (χ1) is 17.5. The van der Waals surface area contributed by atoms with Crippen LogP contribution < -0.4 is 4.90 Å². The summed E-state index contributed by atoms with van der Waals surface area (Å²) in [4.78, 5) is 18.1. The van der Waals surface area contributed by atoms with E-state index in [1.165, 1.54) is 23.2 Å². The van der Waals surface area contributed by atoms with Crippen molar-refractivity contribution in [3.63, 3.8) is 0 Å². The van der Waals surface area contributed by atoms with Crippen LogP contribution in [-0.4, -0.2) is 75.1 Å². The Morgan fingerprint density at radius 1 is 0.972 bits per heavy atom. The molecule has 3 aromatic heterocycles. The molecule has 0 aliphatic carbocycles. The Hall–Kier alpha value is -3.23. The van der Waals surface area contributed by atoms with Gasteiger partial charge in [-0.2, -0.15) is 5.10 Å². The van der Waals surface area contributed by atoms with E-state index in [1.807, 2.05) is 18.6 Å². The van der Waals surface area contributed by atoms with E-state index in [0.717, 1.165) is 72.7 Å². The van der Waals surface area contributed by atoms with Gasteiger partial charge in [-0.3, -0.25) is 4.68 Å². The molecule has 1 N–H and O–H groups in total. The van der Waals surface area contributed by atoms with Gasteiger partial charge in [0.05, 0.1) is 49.4 Å². The van der Waals surface area contributed by atoms with Crippen molar-refractivity contribution in [1.82, 2.24) is 29.6 Å². The predicted octanol–water partition coefficient (Wildman–Crippen LogP) is 4.35. The number of aromatic nitrogens is 5. The summed E-state index contributed by atoms with van der Waals surface area (Å²) < 4.78 is 7.85. The van der Waals surface area contributed by atoms with E-state index in [2.05, 4.69) is 58.7 Å². The van der Waals surface area contributed by atoms with Crippen molar-refractivity contribution >= 4 is 16.9 Å². The molecule has 0 spiro atoms. The van der Waals surface area contributed by atoms with Crippen molar-refractivity contribution in [3.05, 3.63) is 48.0 Å². The van der Waals surface area contributed by atoms with Crippen LogP contribution in [0.4, 0.5) is 5.69 Å². The molecule has 7 rings (SSSR count). The summed E-state index contributed by atoms with van der Waals surface area (Å²) in [7, 11) is 2.19. The Morgan fingerprint density at radius 2 is 1.72 bits per heavy atom. The number of hydrogen-bond acceptors (Lipinski definition) is 6. The molecule has 0 saturated carbocycles. The minimum absolute atomic E-state index is 0.462. The van der Waals surface area contributed by atoms with Gasteiger partial charge >= 0.3 is 0 Å². The number of aryl methyl sites for hydroxylation is 2. The fraction of sp³-hybridized carbons (Fsp3) is 0.464. The average molecular weight is 484 g/mol. The normalized spacial score (nSPS) is 22.8. The van der Waals surface area contributed by atoms with Crippen molar-refractivity contribution < 1.29 is 4.74 Å². The van der Waals surface area contributed by atoms with Crippen LogP contribution in [-0.2, 0) is 4.74 Å². The van der Waals surface area contributed by atoms with Gasteiger partial charge in [-0.1, -0.05) is 0 Å². The van der Waals surface area contributed by atoms with Gasteiger partial charge in [-0.25, -0.2) is 9.97 Å². The third-order valence-corrected chi connectivity index (χ3v) is 8.35. The number of H-pyrrole nitrogens is 1. The summed E-state index contributed by atoms with van der Waals surface area (Å²) in [5.74, 6) is 0. The molecule has 6 heterocycles. The van der Waals surface area contributed by atoms with Crippen LogP contribution in [0.2, 0.25) is 0 Å². The molecular weight excluding hydrogens is 450 g/mol. The van der Waals surface area contributed by atoms with Crippen LogP contribution in [0.3, 0.4) is 0 Å². The highest BCUT2D eigenvalue weighted by Gasteiger charge is 2.43. The lowest BCUT2D eigenvalue weighted by Gasteiger charge is -2.54. The number of hydrogen-bond donors (Lipinski definition) is 1. The van der Waals surface area contributed by atoms with Gasteiger partial charge < -0.3 is 19.5 Å². The molecule has 8 nitrogen and oxygen atoms in total. The molecule has 3 aliphatic rings. The fourth-order valence-electron chi connectivity index (χ4n) is 6.40. The number of anilines is 1. The Balaban J connectivity index is 1.21. The van der Waals surface area contributed by atoms with Gasteiger partial charge in [0.2, 0.25) is 0 Å². The minimum atomic E-state index is 0.462. The largest absolute Gasteiger partial charge is 0.377 e. The zero-order chi connectivity index (χ0) is 24.4. The fourth-order valence-corrected chi connectivity index (χ4v) is 6.40. The van der Waals surface area contributed by atoms with E-state index in [9.17, 15) is 0 Å². The quantitative estimate of drug-likeness (QED) is 0.465. The van der Waals surface area contributed by atoms with E-state index in [1.54, 1.807) is 0 Å². The van der Waals surface area contributed by atoms with Crippen molar-refractivity contribution in [3.8, 4) is 22.4 Å². The van der Waals surface area contributed by atoms with E-state index in [-0.39, 0.29) is 0 Å². The molecule has 3 fully saturated rings. The number of piperidine rings is 1. The Bertz CT molecular complexity index is 1390. The number of likely N-dealkylation sites (tertiary alicyclic amines) is 1. The number of rotatable bonds is 4. The van der Waals surface area contributed by atoms with Gasteiger partial charge in [-0.15, -0.1) is 0 Å². The summed E-state index contributed by atoms with van der Waals surface area (Å²) in [5, 5.41) is 4.72. The molecule has 36 heavy (non-hydrogen) atoms. The zero-order valence-electron chi connectivity index (χ0n) is 21.2. The number of morpholine rings is 1. The summed E-state index contributed by atoms with van der Waals surface area (Å²) in [6, 6.07) is 6.01. The SMILES string of the molecule is Cc1cc(-c2cnc3[nH]cc(-c4cnn(C5CCN(C)CC5)c4)c3n2)cc(C)c1N1C2COCC1C2. The molecule has 2 unspecified atom stereocenters. The summed E-state index contributed by atoms with van der Waals surface area (Å²) >= 11 is 0. The molecule has 0 amide bonds. The maximum atomic E-state index is 5.71. The van der Waals surface area contributed by atoms with Crippen LogP contribution >= 0.6 is 0 Å². The number of nitrogens with one attached hydrogen (secondary N) is 1. The lowest BCUT2D eigenvalue weighted by Crippen LogP contribution is -2.64. The maximum absolute atomic E-state index is 5.71. The second-order valence-electron chi connectivity index (χ2n) is 10.8. The number of aromatic amines is 1. The molecule has 8 heteroatoms. The molecule has 0 radical (unpaired) electrons. The van der Waals surface area contributed by atoms with E-state index in [4.69, 9.17) is 19.8 Å². The molecule has 4 aromatic rings. The van der Waals surface area contributed by atoms with Crippen molar-refractivity contribution in [1.29, 1.82) is 0 Å². The molecular formula is C28H33N7O. The van der Waals surface area contributed by atoms with Crippen molar-refractivity contribution in [2.24, 2.45) is 0 Å². The number of nitrogens with zero attached hydrogens (tertiary/aromatic N) is 6. The number of fused-ring (bicyclic) bond motifs is 3. The molecule has 2 bridgehead atoms. The first kappa shape index (κ1) is 22.0. The Kier molecular flexibility index (Phi) is 5.15. The molecule has 3 saturated heterocycles. The van der Waals surface area contributed by atoms with E-state index in [0.29, 0.717) is 18.1 Å². The third-order valence-electron chi connectivity index (χ3n) is 8.35. The summed E-state index contributed by atoms with van der Waals surface area (Å²) in [5.41, 5.74) is 9.78. The van der Waals surface area contributed by atoms with Gasteiger partial charge in [0.15, 0.2) is 5.65 Å². The van der Waals surface area contributed by atoms with Crippen LogP contribution in [0.5, 0.6) is 0 Å². The van der Waals surface area contributed by atoms with Gasteiger partial charge in [0.25, 0.3) is 0 Å². The smallest absolute Gasteiger partial charge is 0.156 e. The van der Waals surface area contributed by atoms with Crippen LogP contribution in [0.1, 0.15) is 36.4 Å². The first-order valence-electron chi connectivity index (χ1n) is 13.1. The Morgan fingerprint density at radius 3 is 2.44 bits per heavy atom. The number of benzene rings is 1. The van der Waals surface area contributed by atoms with Crippen LogP contribution in [0.15, 0.2) is 36.9 Å². The van der Waals surface area contributed by atoms with Crippen molar-refractivity contribution in [2.45, 2.75) is 51.2 Å². The summed E-state index contributed by atoms with van der Waals surface area (Å²) in [6.45, 7) is 8.34. The molecule has 186 valence electrons. The van der Waals surface area contributed by atoms with Gasteiger partial charge in [0, 0.05) is 34.8 Å². The zero-order valence-corrected chi connectivity index (χ0v) is 21.2. The average Bonchev–Trinajstić information content (AvgIpc) is 3.53. The van der Waals surface area contributed by atoms with Crippen molar-refractivity contribution in [2.75, 3.05) is 38.3 Å². The topological polar surface area (TPSA) is 75.1 Å². The molecule has 1 aromatic carbocycles. The van der Waals surface area contributed by atoms with Crippen LogP contribution in [0, 0.1) is 13.8 Å². The minimum Gasteiger partial charge on any atom is -0.377 e. The second-order valence-corrected chi connectivity index (χ2v) is 10.8. The summed E-state index contributed by atoms with van der Waals surface area (Å²) in [6.07, 6.45) is 11.5. The highest BCUT2D eigenvalue weighted by molar-refractivity contribution is 5.91.